The van der Waals surface area contributed by atoms with Gasteiger partial charge in [0, 0.05) is 13.1 Å². The van der Waals surface area contributed by atoms with Gasteiger partial charge in [-0.25, -0.2) is 4.68 Å². The summed E-state index contributed by atoms with van der Waals surface area (Å²) >= 11 is 0. The molecule has 1 atom stereocenters. The van der Waals surface area contributed by atoms with Gasteiger partial charge in [0.05, 0.1) is 12.2 Å². The number of hydrogen-bond donors (Lipinski definition) is 2. The third-order valence-electron chi connectivity index (χ3n) is 2.49. The van der Waals surface area contributed by atoms with Crippen LogP contribution < -0.4 is 10.6 Å². The molecule has 2 N–H and O–H groups in total. The van der Waals surface area contributed by atoms with Crippen LogP contribution in [0.1, 0.15) is 29.9 Å². The van der Waals surface area contributed by atoms with Crippen LogP contribution >= 0.6 is 0 Å². The highest BCUT2D eigenvalue weighted by Crippen LogP contribution is 2.13. The number of amides is 1. The lowest BCUT2D eigenvalue weighted by Gasteiger charge is -2.05. The lowest BCUT2D eigenvalue weighted by atomic mass is 10.3. The summed E-state index contributed by atoms with van der Waals surface area (Å²) in [6.45, 7) is 4.39. The number of hydrogen-bond acceptors (Lipinski definition) is 4. The van der Waals surface area contributed by atoms with Crippen molar-refractivity contribution in [2.75, 3.05) is 19.6 Å². The van der Waals surface area contributed by atoms with Gasteiger partial charge in [0.25, 0.3) is 5.91 Å². The van der Waals surface area contributed by atoms with Crippen molar-refractivity contribution in [3.63, 3.8) is 0 Å². The molecule has 0 radical (unpaired) electrons. The number of carbonyl (C=O) groups excluding carboxylic acids is 1. The highest BCUT2D eigenvalue weighted by atomic mass is 16.1. The summed E-state index contributed by atoms with van der Waals surface area (Å²) in [5.41, 5.74) is 0.392. The molecule has 6 heteroatoms. The fraction of sp³-hybridized carbons (Fsp3) is 0.667. The molecule has 1 aromatic rings. The average Bonchev–Trinajstić information content (AvgIpc) is 2.89. The van der Waals surface area contributed by atoms with Crippen molar-refractivity contribution in [3.05, 3.63) is 11.9 Å². The third-order valence-corrected chi connectivity index (χ3v) is 2.49. The monoisotopic (exact) mass is 209 g/mol. The van der Waals surface area contributed by atoms with E-state index in [-0.39, 0.29) is 5.91 Å². The summed E-state index contributed by atoms with van der Waals surface area (Å²) in [5.74, 6) is -0.158. The summed E-state index contributed by atoms with van der Waals surface area (Å²) in [7, 11) is 0. The van der Waals surface area contributed by atoms with Crippen LogP contribution in [0.15, 0.2) is 6.20 Å². The molecule has 1 aliphatic rings. The number of nitrogens with zero attached hydrogens (tertiary/aromatic N) is 3. The van der Waals surface area contributed by atoms with Gasteiger partial charge in [-0.05, 0) is 19.9 Å². The Bertz CT molecular complexity index is 342. The van der Waals surface area contributed by atoms with Gasteiger partial charge < -0.3 is 10.6 Å². The maximum absolute atomic E-state index is 11.4. The summed E-state index contributed by atoms with van der Waals surface area (Å²) in [6, 6.07) is 0.334. The Morgan fingerprint density at radius 2 is 2.67 bits per heavy atom. The van der Waals surface area contributed by atoms with Gasteiger partial charge in [0.1, 0.15) is 0 Å². The second-order valence-electron chi connectivity index (χ2n) is 3.59. The molecule has 2 rings (SSSR count). The van der Waals surface area contributed by atoms with Crippen molar-refractivity contribution >= 4 is 5.91 Å². The molecule has 0 aromatic carbocycles. The number of aromatic nitrogens is 3. The molecule has 82 valence electrons. The van der Waals surface area contributed by atoms with E-state index in [4.69, 9.17) is 0 Å². The molecule has 0 saturated carbocycles. The quantitative estimate of drug-likeness (QED) is 0.708. The van der Waals surface area contributed by atoms with Gasteiger partial charge in [0.15, 0.2) is 5.69 Å². The highest BCUT2D eigenvalue weighted by Gasteiger charge is 2.19. The van der Waals surface area contributed by atoms with Crippen molar-refractivity contribution in [3.8, 4) is 0 Å². The highest BCUT2D eigenvalue weighted by molar-refractivity contribution is 5.91. The molecular formula is C9H15N5O. The average molecular weight is 209 g/mol. The van der Waals surface area contributed by atoms with Crippen molar-refractivity contribution in [1.82, 2.24) is 25.6 Å². The summed E-state index contributed by atoms with van der Waals surface area (Å²) in [6.07, 6.45) is 2.75. The molecule has 0 spiro atoms. The second-order valence-corrected chi connectivity index (χ2v) is 3.59. The van der Waals surface area contributed by atoms with E-state index in [0.717, 1.165) is 19.5 Å². The van der Waals surface area contributed by atoms with Gasteiger partial charge >= 0.3 is 0 Å². The van der Waals surface area contributed by atoms with Crippen LogP contribution in [-0.4, -0.2) is 40.5 Å². The maximum atomic E-state index is 11.4. The van der Waals surface area contributed by atoms with Crippen molar-refractivity contribution < 1.29 is 4.79 Å². The molecular weight excluding hydrogens is 194 g/mol. The number of nitrogens with one attached hydrogen (secondary N) is 2. The first-order valence-electron chi connectivity index (χ1n) is 5.22. The van der Waals surface area contributed by atoms with Gasteiger partial charge in [-0.1, -0.05) is 5.21 Å². The molecule has 15 heavy (non-hydrogen) atoms. The van der Waals surface area contributed by atoms with Crippen molar-refractivity contribution in [2.45, 2.75) is 19.4 Å². The molecule has 1 saturated heterocycles. The SMILES string of the molecule is CCNC(=O)c1cn([C@@H]2CCNC2)nn1. The Morgan fingerprint density at radius 3 is 3.33 bits per heavy atom. The molecule has 1 amide bonds. The van der Waals surface area contributed by atoms with Gasteiger partial charge in [-0.2, -0.15) is 0 Å². The fourth-order valence-electron chi connectivity index (χ4n) is 1.68. The minimum absolute atomic E-state index is 0.158. The standard InChI is InChI=1S/C9H15N5O/c1-2-11-9(15)8-6-14(13-12-8)7-3-4-10-5-7/h6-7,10H,2-5H2,1H3,(H,11,15)/t7-/m1/s1. The Balaban J connectivity index is 2.06. The predicted molar refractivity (Wildman–Crippen MR) is 54.6 cm³/mol. The largest absolute Gasteiger partial charge is 0.351 e. The topological polar surface area (TPSA) is 71.8 Å². The van der Waals surface area contributed by atoms with E-state index >= 15 is 0 Å². The molecule has 1 aliphatic heterocycles. The number of carbonyl (C=O) groups is 1. The zero-order valence-electron chi connectivity index (χ0n) is 8.73. The predicted octanol–water partition coefficient (Wildman–Crippen LogP) is -0.438. The van der Waals surface area contributed by atoms with Crippen LogP contribution in [0, 0.1) is 0 Å². The van der Waals surface area contributed by atoms with Crippen LogP contribution in [0.4, 0.5) is 0 Å². The molecule has 0 bridgehead atoms. The molecule has 0 aliphatic carbocycles. The van der Waals surface area contributed by atoms with E-state index in [1.807, 2.05) is 6.92 Å². The van der Waals surface area contributed by atoms with E-state index in [1.165, 1.54) is 0 Å². The molecule has 0 unspecified atom stereocenters. The van der Waals surface area contributed by atoms with E-state index in [2.05, 4.69) is 20.9 Å². The lowest BCUT2D eigenvalue weighted by Crippen LogP contribution is -2.23. The van der Waals surface area contributed by atoms with E-state index < -0.39 is 0 Å². The van der Waals surface area contributed by atoms with Crippen LogP contribution in [-0.2, 0) is 0 Å². The van der Waals surface area contributed by atoms with Gasteiger partial charge in [-0.15, -0.1) is 5.10 Å². The zero-order chi connectivity index (χ0) is 10.7. The minimum atomic E-state index is -0.158. The Morgan fingerprint density at radius 1 is 1.80 bits per heavy atom. The first-order chi connectivity index (χ1) is 7.31. The van der Waals surface area contributed by atoms with Crippen LogP contribution in [0.25, 0.3) is 0 Å². The molecule has 6 nitrogen and oxygen atoms in total. The zero-order valence-corrected chi connectivity index (χ0v) is 8.73. The van der Waals surface area contributed by atoms with E-state index in [1.54, 1.807) is 10.9 Å². The Hall–Kier alpha value is -1.43. The second kappa shape index (κ2) is 4.39. The van der Waals surface area contributed by atoms with Crippen molar-refractivity contribution in [2.24, 2.45) is 0 Å². The minimum Gasteiger partial charge on any atom is -0.351 e. The van der Waals surface area contributed by atoms with E-state index in [9.17, 15) is 4.79 Å². The first-order valence-corrected chi connectivity index (χ1v) is 5.22. The number of rotatable bonds is 3. The molecule has 1 aromatic heterocycles. The normalized spacial score (nSPS) is 20.5. The van der Waals surface area contributed by atoms with Gasteiger partial charge in [-0.3, -0.25) is 4.79 Å². The lowest BCUT2D eigenvalue weighted by molar-refractivity contribution is 0.0951. The van der Waals surface area contributed by atoms with Crippen LogP contribution in [0.5, 0.6) is 0 Å². The smallest absolute Gasteiger partial charge is 0.273 e. The third kappa shape index (κ3) is 2.15. The summed E-state index contributed by atoms with van der Waals surface area (Å²) in [5, 5.41) is 13.8. The van der Waals surface area contributed by atoms with Crippen molar-refractivity contribution in [1.29, 1.82) is 0 Å². The van der Waals surface area contributed by atoms with E-state index in [0.29, 0.717) is 18.3 Å². The van der Waals surface area contributed by atoms with Crippen LogP contribution in [0.2, 0.25) is 0 Å². The fourth-order valence-corrected chi connectivity index (χ4v) is 1.68. The Labute approximate surface area is 88.0 Å². The summed E-state index contributed by atoms with van der Waals surface area (Å²) < 4.78 is 1.77. The van der Waals surface area contributed by atoms with Gasteiger partial charge in [0.2, 0.25) is 0 Å². The molecule has 2 heterocycles. The summed E-state index contributed by atoms with van der Waals surface area (Å²) in [4.78, 5) is 11.4. The van der Waals surface area contributed by atoms with Crippen LogP contribution in [0.3, 0.4) is 0 Å². The Kier molecular flexibility index (Phi) is 2.96. The first kappa shape index (κ1) is 10.1. The molecule has 1 fully saturated rings. The maximum Gasteiger partial charge on any atom is 0.273 e.